The fourth-order valence-corrected chi connectivity index (χ4v) is 0.774. The first kappa shape index (κ1) is 8.85. The molecular formula is C11H14O. The summed E-state index contributed by atoms with van der Waals surface area (Å²) in [5, 5.41) is 0. The van der Waals surface area contributed by atoms with Crippen LogP contribution >= 0.6 is 0 Å². The molecule has 0 aliphatic heterocycles. The molecule has 0 saturated carbocycles. The summed E-state index contributed by atoms with van der Waals surface area (Å²) in [6, 6.07) is 9.76. The van der Waals surface area contributed by atoms with Crippen LogP contribution in [0, 0.1) is 5.92 Å². The zero-order valence-electron chi connectivity index (χ0n) is 7.53. The highest BCUT2D eigenvalue weighted by molar-refractivity contribution is 5.21. The van der Waals surface area contributed by atoms with E-state index < -0.39 is 0 Å². The quantitative estimate of drug-likeness (QED) is 0.620. The molecule has 0 radical (unpaired) electrons. The van der Waals surface area contributed by atoms with Crippen molar-refractivity contribution in [1.82, 2.24) is 0 Å². The maximum atomic E-state index is 5.34. The molecule has 12 heavy (non-hydrogen) atoms. The second kappa shape index (κ2) is 4.60. The third-order valence-electron chi connectivity index (χ3n) is 1.41. The smallest absolute Gasteiger partial charge is 0.126 e. The summed E-state index contributed by atoms with van der Waals surface area (Å²) in [5.41, 5.74) is 0. The second-order valence-corrected chi connectivity index (χ2v) is 3.00. The SMILES string of the molecule is CC(C)/C=C/Oc1ccccc1. The summed E-state index contributed by atoms with van der Waals surface area (Å²) in [4.78, 5) is 0. The molecule has 1 aromatic rings. The average molecular weight is 162 g/mol. The van der Waals surface area contributed by atoms with Gasteiger partial charge in [0.1, 0.15) is 5.75 Å². The van der Waals surface area contributed by atoms with Gasteiger partial charge >= 0.3 is 0 Å². The van der Waals surface area contributed by atoms with Crippen molar-refractivity contribution in [1.29, 1.82) is 0 Å². The Labute approximate surface area is 73.7 Å². The molecule has 1 rings (SSSR count). The van der Waals surface area contributed by atoms with E-state index in [1.54, 1.807) is 6.26 Å². The van der Waals surface area contributed by atoms with Crippen LogP contribution in [-0.4, -0.2) is 0 Å². The van der Waals surface area contributed by atoms with Gasteiger partial charge in [-0.15, -0.1) is 0 Å². The summed E-state index contributed by atoms with van der Waals surface area (Å²) in [6.07, 6.45) is 3.76. The van der Waals surface area contributed by atoms with Gasteiger partial charge in [-0.25, -0.2) is 0 Å². The molecule has 64 valence electrons. The Bertz CT molecular complexity index is 236. The maximum absolute atomic E-state index is 5.34. The predicted octanol–water partition coefficient (Wildman–Crippen LogP) is 3.24. The van der Waals surface area contributed by atoms with E-state index in [0.717, 1.165) is 5.75 Å². The highest BCUT2D eigenvalue weighted by Crippen LogP contribution is 2.08. The lowest BCUT2D eigenvalue weighted by atomic mass is 10.2. The van der Waals surface area contributed by atoms with Gasteiger partial charge in [-0.05, 0) is 24.1 Å². The lowest BCUT2D eigenvalue weighted by Crippen LogP contribution is -1.83. The number of hydrogen-bond donors (Lipinski definition) is 0. The van der Waals surface area contributed by atoms with E-state index in [2.05, 4.69) is 13.8 Å². The fraction of sp³-hybridized carbons (Fsp3) is 0.273. The number of allylic oxidation sites excluding steroid dienone is 1. The van der Waals surface area contributed by atoms with E-state index >= 15 is 0 Å². The summed E-state index contributed by atoms with van der Waals surface area (Å²) >= 11 is 0. The highest BCUT2D eigenvalue weighted by atomic mass is 16.5. The van der Waals surface area contributed by atoms with Crippen LogP contribution in [0.4, 0.5) is 0 Å². The van der Waals surface area contributed by atoms with Crippen molar-refractivity contribution in [3.63, 3.8) is 0 Å². The molecule has 0 amide bonds. The molecule has 0 aliphatic carbocycles. The molecule has 0 atom stereocenters. The predicted molar refractivity (Wildman–Crippen MR) is 51.0 cm³/mol. The van der Waals surface area contributed by atoms with Crippen LogP contribution < -0.4 is 4.74 Å². The Hall–Kier alpha value is -1.24. The van der Waals surface area contributed by atoms with Gasteiger partial charge in [0.25, 0.3) is 0 Å². The van der Waals surface area contributed by atoms with Crippen LogP contribution in [-0.2, 0) is 0 Å². The van der Waals surface area contributed by atoms with E-state index in [0.29, 0.717) is 5.92 Å². The topological polar surface area (TPSA) is 9.23 Å². The largest absolute Gasteiger partial charge is 0.465 e. The van der Waals surface area contributed by atoms with E-state index in [4.69, 9.17) is 4.74 Å². The van der Waals surface area contributed by atoms with Crippen LogP contribution in [0.1, 0.15) is 13.8 Å². The van der Waals surface area contributed by atoms with Crippen molar-refractivity contribution in [3.8, 4) is 5.75 Å². The Balaban J connectivity index is 2.43. The van der Waals surface area contributed by atoms with E-state index in [1.165, 1.54) is 0 Å². The van der Waals surface area contributed by atoms with Gasteiger partial charge in [0.2, 0.25) is 0 Å². The molecule has 1 heteroatoms. The van der Waals surface area contributed by atoms with Gasteiger partial charge < -0.3 is 4.74 Å². The van der Waals surface area contributed by atoms with Gasteiger partial charge in [-0.3, -0.25) is 0 Å². The molecule has 0 aromatic heterocycles. The lowest BCUT2D eigenvalue weighted by molar-refractivity contribution is 0.475. The third-order valence-corrected chi connectivity index (χ3v) is 1.41. The summed E-state index contributed by atoms with van der Waals surface area (Å²) in [7, 11) is 0. The molecule has 0 fully saturated rings. The molecular weight excluding hydrogens is 148 g/mol. The summed E-state index contributed by atoms with van der Waals surface area (Å²) < 4.78 is 5.34. The molecule has 0 heterocycles. The molecule has 0 spiro atoms. The van der Waals surface area contributed by atoms with Gasteiger partial charge in [-0.2, -0.15) is 0 Å². The first-order valence-corrected chi connectivity index (χ1v) is 4.17. The number of benzene rings is 1. The molecule has 0 unspecified atom stereocenters. The summed E-state index contributed by atoms with van der Waals surface area (Å²) in [6.45, 7) is 4.23. The van der Waals surface area contributed by atoms with Crippen molar-refractivity contribution < 1.29 is 4.74 Å². The van der Waals surface area contributed by atoms with Crippen LogP contribution in [0.25, 0.3) is 0 Å². The van der Waals surface area contributed by atoms with Gasteiger partial charge in [0, 0.05) is 0 Å². The molecule has 0 aliphatic rings. The lowest BCUT2D eigenvalue weighted by Gasteiger charge is -1.98. The van der Waals surface area contributed by atoms with Crippen molar-refractivity contribution in [2.45, 2.75) is 13.8 Å². The second-order valence-electron chi connectivity index (χ2n) is 3.00. The van der Waals surface area contributed by atoms with Crippen molar-refractivity contribution in [3.05, 3.63) is 42.7 Å². The Morgan fingerprint density at radius 1 is 1.17 bits per heavy atom. The van der Waals surface area contributed by atoms with E-state index in [-0.39, 0.29) is 0 Å². The van der Waals surface area contributed by atoms with Crippen molar-refractivity contribution >= 4 is 0 Å². The number of ether oxygens (including phenoxy) is 1. The van der Waals surface area contributed by atoms with Gasteiger partial charge in [0.05, 0.1) is 6.26 Å². The zero-order valence-corrected chi connectivity index (χ0v) is 7.53. The first-order chi connectivity index (χ1) is 5.79. The van der Waals surface area contributed by atoms with Crippen LogP contribution in [0.5, 0.6) is 5.75 Å². The Morgan fingerprint density at radius 2 is 1.83 bits per heavy atom. The van der Waals surface area contributed by atoms with E-state index in [9.17, 15) is 0 Å². The van der Waals surface area contributed by atoms with Crippen molar-refractivity contribution in [2.75, 3.05) is 0 Å². The number of hydrogen-bond acceptors (Lipinski definition) is 1. The fourth-order valence-electron chi connectivity index (χ4n) is 0.774. The molecule has 0 bridgehead atoms. The normalized spacial score (nSPS) is 10.9. The molecule has 0 saturated heterocycles. The third kappa shape index (κ3) is 3.24. The van der Waals surface area contributed by atoms with Crippen LogP contribution in [0.3, 0.4) is 0 Å². The number of para-hydroxylation sites is 1. The molecule has 1 aromatic carbocycles. The standard InChI is InChI=1S/C11H14O/c1-10(2)8-9-12-11-6-4-3-5-7-11/h3-10H,1-2H3/b9-8+. The number of rotatable bonds is 3. The minimum absolute atomic E-state index is 0.536. The summed E-state index contributed by atoms with van der Waals surface area (Å²) in [5.74, 6) is 1.42. The maximum Gasteiger partial charge on any atom is 0.126 e. The van der Waals surface area contributed by atoms with Crippen molar-refractivity contribution in [2.24, 2.45) is 5.92 Å². The monoisotopic (exact) mass is 162 g/mol. The van der Waals surface area contributed by atoms with Crippen LogP contribution in [0.2, 0.25) is 0 Å². The van der Waals surface area contributed by atoms with Gasteiger partial charge in [0.15, 0.2) is 0 Å². The highest BCUT2D eigenvalue weighted by Gasteiger charge is 1.86. The minimum atomic E-state index is 0.536. The Morgan fingerprint density at radius 3 is 2.42 bits per heavy atom. The van der Waals surface area contributed by atoms with Gasteiger partial charge in [-0.1, -0.05) is 32.0 Å². The molecule has 0 N–H and O–H groups in total. The van der Waals surface area contributed by atoms with Crippen LogP contribution in [0.15, 0.2) is 42.7 Å². The minimum Gasteiger partial charge on any atom is -0.465 e. The first-order valence-electron chi connectivity index (χ1n) is 4.17. The molecule has 1 nitrogen and oxygen atoms in total. The average Bonchev–Trinajstić information content (AvgIpc) is 2.05. The van der Waals surface area contributed by atoms with E-state index in [1.807, 2.05) is 36.4 Å². The Kier molecular flexibility index (Phi) is 3.39. The zero-order chi connectivity index (χ0) is 8.81.